The van der Waals surface area contributed by atoms with Gasteiger partial charge in [-0.15, -0.1) is 6.58 Å². The molecule has 0 aliphatic carbocycles. The summed E-state index contributed by atoms with van der Waals surface area (Å²) >= 11 is 6.66. The maximum absolute atomic E-state index is 15.0. The first-order chi connectivity index (χ1) is 20.0. The van der Waals surface area contributed by atoms with E-state index < -0.39 is 21.4 Å². The van der Waals surface area contributed by atoms with Crippen molar-refractivity contribution in [3.05, 3.63) is 77.6 Å². The summed E-state index contributed by atoms with van der Waals surface area (Å²) in [7, 11) is -2.30. The summed E-state index contributed by atoms with van der Waals surface area (Å²) in [5, 5.41) is 13.1. The molecule has 1 heterocycles. The number of halogens is 2. The Kier molecular flexibility index (Phi) is 10.8. The third kappa shape index (κ3) is 6.94. The minimum absolute atomic E-state index is 0.0152. The van der Waals surface area contributed by atoms with E-state index in [4.69, 9.17) is 11.6 Å². The molecule has 0 radical (unpaired) electrons. The zero-order valence-electron chi connectivity index (χ0n) is 23.3. The van der Waals surface area contributed by atoms with E-state index >= 15 is 0 Å². The largest absolute Gasteiger partial charge is 0.507 e. The highest BCUT2D eigenvalue weighted by Crippen LogP contribution is 2.40. The lowest BCUT2D eigenvalue weighted by Crippen LogP contribution is -2.45. The van der Waals surface area contributed by atoms with Gasteiger partial charge in [0.15, 0.2) is 15.7 Å². The molecule has 0 aliphatic rings. The number of amides is 2. The van der Waals surface area contributed by atoms with Crippen molar-refractivity contribution in [3.8, 4) is 17.0 Å². The lowest BCUT2D eigenvalue weighted by atomic mass is 10.1. The minimum Gasteiger partial charge on any atom is -0.507 e. The number of aromatic hydroxyl groups is 1. The molecule has 10 nitrogen and oxygen atoms in total. The van der Waals surface area contributed by atoms with E-state index in [2.05, 4.69) is 21.9 Å². The number of sulfone groups is 1. The second kappa shape index (κ2) is 14.1. The predicted molar refractivity (Wildman–Crippen MR) is 162 cm³/mol. The number of hydrogen-bond acceptors (Lipinski definition) is 7. The SMILES string of the molecule is C=CCCN(/C(=N/C)c1cc(Cl)c(-c2c(O)cccc2F)nc1N(C=O)c1ccccc1S(C)(=O)=O)C(C)CNC=O. The van der Waals surface area contributed by atoms with Crippen molar-refractivity contribution in [1.29, 1.82) is 0 Å². The number of nitrogens with zero attached hydrogens (tertiary/aromatic N) is 4. The number of carbonyl (C=O) groups is 2. The molecule has 1 unspecified atom stereocenters. The molecule has 0 saturated heterocycles. The molecule has 0 aliphatic heterocycles. The van der Waals surface area contributed by atoms with Crippen molar-refractivity contribution in [2.45, 2.75) is 24.3 Å². The van der Waals surface area contributed by atoms with Gasteiger partial charge >= 0.3 is 0 Å². The normalized spacial score (nSPS) is 12.4. The van der Waals surface area contributed by atoms with Crippen LogP contribution in [0.3, 0.4) is 0 Å². The highest BCUT2D eigenvalue weighted by atomic mass is 35.5. The van der Waals surface area contributed by atoms with Crippen LogP contribution >= 0.6 is 11.6 Å². The smallest absolute Gasteiger partial charge is 0.219 e. The number of carbonyl (C=O) groups excluding carboxylic acids is 2. The quantitative estimate of drug-likeness (QED) is 0.127. The first-order valence-electron chi connectivity index (χ1n) is 12.7. The van der Waals surface area contributed by atoms with E-state index in [1.165, 1.54) is 43.4 Å². The van der Waals surface area contributed by atoms with Gasteiger partial charge < -0.3 is 15.3 Å². The summed E-state index contributed by atoms with van der Waals surface area (Å²) in [6.07, 6.45) is 4.19. The van der Waals surface area contributed by atoms with Crippen LogP contribution in [0.2, 0.25) is 5.02 Å². The van der Waals surface area contributed by atoms with Gasteiger partial charge in [-0.05, 0) is 43.7 Å². The molecule has 1 atom stereocenters. The number of aromatic nitrogens is 1. The highest BCUT2D eigenvalue weighted by Gasteiger charge is 2.29. The van der Waals surface area contributed by atoms with Crippen LogP contribution < -0.4 is 10.2 Å². The van der Waals surface area contributed by atoms with Crippen molar-refractivity contribution in [3.63, 3.8) is 0 Å². The lowest BCUT2D eigenvalue weighted by Gasteiger charge is -2.33. The standard InChI is InChI=1S/C29H31ClFN5O5S/c1-5-6-14-35(19(2)16-33-17-37)28(32-3)20-15-21(30)27(26-22(31)10-9-12-24(26)39)34-29(20)36(18-38)23-11-7-8-13-25(23)42(4,40)41/h5,7-13,15,17-19,39H,1,6,14,16H2,2-4H3,(H,33,37)/b32-28+. The Morgan fingerprint density at radius 1 is 1.24 bits per heavy atom. The molecule has 0 spiro atoms. The molecule has 2 N–H and O–H groups in total. The molecule has 0 saturated carbocycles. The summed E-state index contributed by atoms with van der Waals surface area (Å²) < 4.78 is 40.4. The second-order valence-electron chi connectivity index (χ2n) is 9.23. The van der Waals surface area contributed by atoms with Gasteiger partial charge in [-0.25, -0.2) is 17.8 Å². The molecule has 1 aromatic heterocycles. The Morgan fingerprint density at radius 3 is 2.55 bits per heavy atom. The number of nitrogens with one attached hydrogen (secondary N) is 1. The average Bonchev–Trinajstić information content (AvgIpc) is 2.95. The molecule has 42 heavy (non-hydrogen) atoms. The molecule has 13 heteroatoms. The Labute approximate surface area is 249 Å². The number of benzene rings is 2. The Morgan fingerprint density at radius 2 is 1.95 bits per heavy atom. The number of amidine groups is 1. The van der Waals surface area contributed by atoms with Gasteiger partial charge in [0.25, 0.3) is 0 Å². The highest BCUT2D eigenvalue weighted by molar-refractivity contribution is 7.90. The third-order valence-electron chi connectivity index (χ3n) is 6.37. The molecular formula is C29H31ClFN5O5S. The van der Waals surface area contributed by atoms with Gasteiger partial charge in [-0.1, -0.05) is 35.9 Å². The molecule has 0 bridgehead atoms. The molecule has 3 aromatic rings. The van der Waals surface area contributed by atoms with E-state index in [1.54, 1.807) is 12.1 Å². The van der Waals surface area contributed by atoms with Crippen LogP contribution in [-0.4, -0.2) is 74.5 Å². The van der Waals surface area contributed by atoms with Crippen LogP contribution in [-0.2, 0) is 19.4 Å². The van der Waals surface area contributed by atoms with Crippen LogP contribution in [0.1, 0.15) is 18.9 Å². The number of rotatable bonds is 13. The number of anilines is 2. The van der Waals surface area contributed by atoms with Crippen molar-refractivity contribution in [2.75, 3.05) is 31.3 Å². The van der Waals surface area contributed by atoms with Crippen molar-refractivity contribution in [1.82, 2.24) is 15.2 Å². The zero-order chi connectivity index (χ0) is 31.0. The number of pyridine rings is 1. The summed E-state index contributed by atoms with van der Waals surface area (Å²) in [5.74, 6) is -1.08. The van der Waals surface area contributed by atoms with Crippen molar-refractivity contribution in [2.24, 2.45) is 4.99 Å². The van der Waals surface area contributed by atoms with Crippen LogP contribution in [0.4, 0.5) is 15.9 Å². The van der Waals surface area contributed by atoms with E-state index in [0.29, 0.717) is 31.6 Å². The first kappa shape index (κ1) is 32.2. The van der Waals surface area contributed by atoms with Gasteiger partial charge in [0.1, 0.15) is 17.4 Å². The summed E-state index contributed by atoms with van der Waals surface area (Å²) in [5.41, 5.74) is -0.295. The number of phenols is 1. The van der Waals surface area contributed by atoms with E-state index in [-0.39, 0.29) is 50.8 Å². The molecular weight excluding hydrogens is 585 g/mol. The maximum atomic E-state index is 15.0. The number of para-hydroxylation sites is 1. The lowest BCUT2D eigenvalue weighted by molar-refractivity contribution is -0.109. The van der Waals surface area contributed by atoms with Crippen LogP contribution in [0, 0.1) is 5.82 Å². The zero-order valence-corrected chi connectivity index (χ0v) is 24.9. The molecule has 2 aromatic carbocycles. The van der Waals surface area contributed by atoms with Gasteiger partial charge in [-0.2, -0.15) is 0 Å². The van der Waals surface area contributed by atoms with Crippen LogP contribution in [0.5, 0.6) is 5.75 Å². The molecule has 222 valence electrons. The summed E-state index contributed by atoms with van der Waals surface area (Å²) in [4.78, 5) is 35.5. The maximum Gasteiger partial charge on any atom is 0.219 e. The average molecular weight is 616 g/mol. The second-order valence-corrected chi connectivity index (χ2v) is 11.6. The molecule has 2 amide bonds. The first-order valence-corrected chi connectivity index (χ1v) is 15.0. The Balaban J connectivity index is 2.42. The monoisotopic (exact) mass is 615 g/mol. The molecule has 0 fully saturated rings. The van der Waals surface area contributed by atoms with Crippen LogP contribution in [0.15, 0.2) is 71.1 Å². The van der Waals surface area contributed by atoms with Crippen molar-refractivity contribution < 1.29 is 27.5 Å². The molecule has 3 rings (SSSR count). The Hall–Kier alpha value is -4.29. The van der Waals surface area contributed by atoms with Crippen LogP contribution in [0.25, 0.3) is 11.3 Å². The van der Waals surface area contributed by atoms with Crippen molar-refractivity contribution >= 4 is 51.6 Å². The summed E-state index contributed by atoms with van der Waals surface area (Å²) in [6.45, 7) is 6.26. The minimum atomic E-state index is -3.82. The third-order valence-corrected chi connectivity index (χ3v) is 7.80. The van der Waals surface area contributed by atoms with E-state index in [0.717, 1.165) is 17.2 Å². The number of phenolic OH excluding ortho intramolecular Hbond substituents is 1. The Bertz CT molecular complexity index is 1600. The number of aliphatic imine (C=N–C) groups is 1. The fourth-order valence-electron chi connectivity index (χ4n) is 4.44. The van der Waals surface area contributed by atoms with E-state index in [9.17, 15) is 27.5 Å². The summed E-state index contributed by atoms with van der Waals surface area (Å²) in [6, 6.07) is 10.6. The van der Waals surface area contributed by atoms with E-state index in [1.807, 2.05) is 11.8 Å². The number of hydrogen-bond donors (Lipinski definition) is 2. The van der Waals surface area contributed by atoms with Gasteiger partial charge in [0.2, 0.25) is 12.8 Å². The fourth-order valence-corrected chi connectivity index (χ4v) is 5.56. The predicted octanol–water partition coefficient (Wildman–Crippen LogP) is 4.33. The van der Waals surface area contributed by atoms with Gasteiger partial charge in [-0.3, -0.25) is 19.5 Å². The van der Waals surface area contributed by atoms with Gasteiger partial charge in [0.05, 0.1) is 32.4 Å². The fraction of sp³-hybridized carbons (Fsp3) is 0.241. The topological polar surface area (TPSA) is 132 Å². The van der Waals surface area contributed by atoms with Gasteiger partial charge in [0, 0.05) is 32.4 Å².